The first-order chi connectivity index (χ1) is 58.5. The number of fused-ring (bicyclic) bond motifs is 6. The van der Waals surface area contributed by atoms with Crippen molar-refractivity contribution in [2.24, 2.45) is 71.0 Å². The summed E-state index contributed by atoms with van der Waals surface area (Å²) in [5, 5.41) is 7.04. The summed E-state index contributed by atoms with van der Waals surface area (Å²) in [6.45, 7) is 7.88. The van der Waals surface area contributed by atoms with E-state index in [0.29, 0.717) is 97.9 Å². The van der Waals surface area contributed by atoms with Crippen LogP contribution < -0.4 is 10.6 Å². The Hall–Kier alpha value is -7.57. The molecule has 0 bridgehead atoms. The number of nitrogens with zero attached hydrogens (tertiary/aromatic N) is 4. The largest absolute Gasteiger partial charge is 0.469 e. The third kappa shape index (κ3) is 25.8. The Morgan fingerprint density at radius 3 is 0.669 bits per heavy atom. The summed E-state index contributed by atoms with van der Waals surface area (Å²) in [4.78, 5) is 131. The fourth-order valence-electron chi connectivity index (χ4n) is 23.3. The molecule has 16 rings (SSSR count). The Morgan fingerprint density at radius 1 is 0.256 bits per heavy atom. The van der Waals surface area contributed by atoms with E-state index in [1.165, 1.54) is 81.2 Å². The minimum absolute atomic E-state index is 0. The zero-order chi connectivity index (χ0) is 84.9. The van der Waals surface area contributed by atoms with Crippen molar-refractivity contribution in [1.82, 2.24) is 30.2 Å². The molecule has 0 amide bonds. The molecule has 18 atom stereocenters. The molecular formula is C98H139ClN6O16. The zero-order valence-electron chi connectivity index (χ0n) is 73.0. The summed E-state index contributed by atoms with van der Waals surface area (Å²) >= 11 is 0. The van der Waals surface area contributed by atoms with Crippen molar-refractivity contribution in [3.63, 3.8) is 0 Å². The maximum absolute atomic E-state index is 12.5. The van der Waals surface area contributed by atoms with Gasteiger partial charge in [-0.25, -0.2) is 0 Å². The van der Waals surface area contributed by atoms with Crippen molar-refractivity contribution in [2.45, 2.75) is 229 Å². The molecule has 0 spiro atoms. The number of benzene rings is 4. The van der Waals surface area contributed by atoms with Crippen molar-refractivity contribution >= 4 is 71.4 Å². The minimum atomic E-state index is -0.0732. The van der Waals surface area contributed by atoms with Gasteiger partial charge in [-0.05, 0) is 229 Å². The predicted molar refractivity (Wildman–Crippen MR) is 468 cm³/mol. The number of carbonyl (C=O) groups is 10. The van der Waals surface area contributed by atoms with Gasteiger partial charge >= 0.3 is 35.8 Å². The van der Waals surface area contributed by atoms with E-state index in [4.69, 9.17) is 28.4 Å². The number of hydrogen-bond donors (Lipinski definition) is 2. The van der Waals surface area contributed by atoms with E-state index < -0.39 is 0 Å². The average molecular weight is 1690 g/mol. The van der Waals surface area contributed by atoms with Gasteiger partial charge in [-0.2, -0.15) is 0 Å². The Bertz CT molecular complexity index is 3460. The first-order valence-electron chi connectivity index (χ1n) is 45.7. The smallest absolute Gasteiger partial charge is 0.308 e. The van der Waals surface area contributed by atoms with Gasteiger partial charge in [0.1, 0.15) is 0 Å². The highest BCUT2D eigenvalue weighted by atomic mass is 35.5. The fourth-order valence-corrected chi connectivity index (χ4v) is 23.3. The lowest BCUT2D eigenvalue weighted by Crippen LogP contribution is -2.52. The van der Waals surface area contributed by atoms with Crippen molar-refractivity contribution in [1.29, 1.82) is 0 Å². The van der Waals surface area contributed by atoms with Crippen LogP contribution in [0.25, 0.3) is 0 Å². The molecule has 6 saturated heterocycles. The summed E-state index contributed by atoms with van der Waals surface area (Å²) in [7, 11) is 8.91. The van der Waals surface area contributed by atoms with Crippen LogP contribution in [0.5, 0.6) is 0 Å². The normalized spacial score (nSPS) is 29.9. The van der Waals surface area contributed by atoms with Gasteiger partial charge in [0, 0.05) is 58.5 Å². The van der Waals surface area contributed by atoms with Crippen molar-refractivity contribution in [3.05, 3.63) is 144 Å². The molecule has 12 aliphatic rings. The van der Waals surface area contributed by atoms with Crippen LogP contribution in [0.1, 0.15) is 234 Å². The first-order valence-corrected chi connectivity index (χ1v) is 45.7. The van der Waals surface area contributed by atoms with E-state index in [9.17, 15) is 47.9 Å². The number of hydrogen-bond acceptors (Lipinski definition) is 22. The second-order valence-electron chi connectivity index (χ2n) is 35.6. The number of Topliss-reactive ketones (excluding diaryl/α,β-unsaturated/α-hetero) is 4. The molecule has 12 fully saturated rings. The second kappa shape index (κ2) is 49.2. The SMILES string of the molecule is COC(=O)C1CCCC2C1CCCN2CC(=O)c1ccccc1.COC(=O)C1CCCC2C1CCCN2CC(=O)c1ccccc1.COC(=O)C1CCCC2C1CCCN2CC(=O)c1ccccc1.COC(=O)C1CCCC2C1CCCN2CC(=O)c1ccccc1.COC(=O)C1CCCC2NCCCC21.COC(=O)C1CCCC2NCCCC21.Cl. The molecule has 2 N–H and O–H groups in total. The number of esters is 6. The van der Waals surface area contributed by atoms with Gasteiger partial charge in [0.2, 0.25) is 0 Å². The standard InChI is InChI=1S/4C19H25NO3.2C11H19NO2.ClH/c4*1-23-19(22)16-9-5-11-17-15(16)10-6-12-20(17)13-18(21)14-7-3-2-4-8-14;2*1-14-11(13)9-4-2-6-10-8(9)5-3-7-12-10;/h4*2-4,7-8,15-17H,5-6,9-13H2,1H3;2*8-10,12H,2-7H2,1H3;1H. The van der Waals surface area contributed by atoms with E-state index >= 15 is 0 Å². The summed E-state index contributed by atoms with van der Waals surface area (Å²) in [6.07, 6.45) is 32.3. The molecule has 0 radical (unpaired) electrons. The van der Waals surface area contributed by atoms with Crippen LogP contribution in [-0.4, -0.2) is 223 Å². The zero-order valence-corrected chi connectivity index (χ0v) is 73.8. The Labute approximate surface area is 725 Å². The molecule has 121 heavy (non-hydrogen) atoms. The first kappa shape index (κ1) is 95.7. The Kier molecular flexibility index (Phi) is 38.9. The van der Waals surface area contributed by atoms with Gasteiger partial charge in [-0.3, -0.25) is 67.5 Å². The van der Waals surface area contributed by atoms with Gasteiger partial charge < -0.3 is 39.1 Å². The molecule has 4 aromatic rings. The number of ether oxygens (including phenoxy) is 6. The van der Waals surface area contributed by atoms with Crippen LogP contribution in [0.2, 0.25) is 0 Å². The molecule has 6 saturated carbocycles. The van der Waals surface area contributed by atoms with E-state index in [1.807, 2.05) is 121 Å². The predicted octanol–water partition coefficient (Wildman–Crippen LogP) is 14.8. The molecule has 6 heterocycles. The molecule has 22 nitrogen and oxygen atoms in total. The van der Waals surface area contributed by atoms with E-state index in [-0.39, 0.29) is 107 Å². The molecule has 6 aliphatic heterocycles. The summed E-state index contributed by atoms with van der Waals surface area (Å²) in [6, 6.07) is 40.5. The maximum atomic E-state index is 12.5. The summed E-state index contributed by atoms with van der Waals surface area (Å²) < 4.78 is 29.7. The number of nitrogens with one attached hydrogen (secondary N) is 2. The number of carbonyl (C=O) groups excluding carboxylic acids is 10. The number of rotatable bonds is 18. The molecular weight excluding hydrogens is 1550 g/mol. The quantitative estimate of drug-likeness (QED) is 0.0532. The van der Waals surface area contributed by atoms with Crippen LogP contribution in [-0.2, 0) is 57.2 Å². The number of ketones is 4. The number of halogens is 1. The van der Waals surface area contributed by atoms with Crippen molar-refractivity contribution in [3.8, 4) is 0 Å². The highest BCUT2D eigenvalue weighted by molar-refractivity contribution is 5.99. The molecule has 6 aliphatic carbocycles. The number of methoxy groups -OCH3 is 6. The Balaban J connectivity index is 0.000000154. The van der Waals surface area contributed by atoms with E-state index in [2.05, 4.69) is 30.2 Å². The highest BCUT2D eigenvalue weighted by Crippen LogP contribution is 2.45. The second-order valence-corrected chi connectivity index (χ2v) is 35.6. The Morgan fingerprint density at radius 2 is 0.455 bits per heavy atom. The van der Waals surface area contributed by atoms with Crippen LogP contribution in [0.4, 0.5) is 0 Å². The lowest BCUT2D eigenvalue weighted by molar-refractivity contribution is -0.152. The highest BCUT2D eigenvalue weighted by Gasteiger charge is 2.48. The molecule has 18 unspecified atom stereocenters. The molecule has 4 aromatic carbocycles. The van der Waals surface area contributed by atoms with Crippen LogP contribution in [0, 0.1) is 71.0 Å². The van der Waals surface area contributed by atoms with Gasteiger partial charge in [0.05, 0.1) is 104 Å². The van der Waals surface area contributed by atoms with Crippen molar-refractivity contribution in [2.75, 3.05) is 108 Å². The number of likely N-dealkylation sites (tertiary alicyclic amines) is 4. The average Bonchev–Trinajstić information content (AvgIpc) is 0.784. The lowest BCUT2D eigenvalue weighted by Gasteiger charge is -2.46. The third-order valence-electron chi connectivity index (χ3n) is 29.1. The van der Waals surface area contributed by atoms with Gasteiger partial charge in [-0.1, -0.05) is 160 Å². The summed E-state index contributed by atoms with van der Waals surface area (Å²) in [5.74, 6) is 3.18. The molecule has 23 heteroatoms. The van der Waals surface area contributed by atoms with Crippen LogP contribution in [0.15, 0.2) is 121 Å². The monoisotopic (exact) mass is 1690 g/mol. The molecule has 0 aromatic heterocycles. The van der Waals surface area contributed by atoms with Gasteiger partial charge in [0.25, 0.3) is 0 Å². The molecule has 664 valence electrons. The maximum Gasteiger partial charge on any atom is 0.308 e. The van der Waals surface area contributed by atoms with E-state index in [1.54, 1.807) is 0 Å². The topological polar surface area (TPSA) is 263 Å². The van der Waals surface area contributed by atoms with Crippen LogP contribution in [0.3, 0.4) is 0 Å². The number of piperidine rings is 6. The third-order valence-corrected chi connectivity index (χ3v) is 29.1. The van der Waals surface area contributed by atoms with E-state index in [0.717, 1.165) is 216 Å². The van der Waals surface area contributed by atoms with Crippen LogP contribution >= 0.6 is 12.4 Å². The van der Waals surface area contributed by atoms with Gasteiger partial charge in [-0.15, -0.1) is 12.4 Å². The lowest BCUT2D eigenvalue weighted by atomic mass is 9.71. The fraction of sp³-hybridized carbons (Fsp3) is 0.653. The van der Waals surface area contributed by atoms with Crippen molar-refractivity contribution < 1.29 is 76.4 Å². The summed E-state index contributed by atoms with van der Waals surface area (Å²) in [5.41, 5.74) is 3.09. The van der Waals surface area contributed by atoms with Gasteiger partial charge in [0.15, 0.2) is 23.1 Å². The minimum Gasteiger partial charge on any atom is -0.469 e.